The van der Waals surface area contributed by atoms with Crippen LogP contribution in [0.25, 0.3) is 0 Å². The van der Waals surface area contributed by atoms with E-state index in [2.05, 4.69) is 19.2 Å². The van der Waals surface area contributed by atoms with Crippen LogP contribution in [-0.4, -0.2) is 44.0 Å². The first-order valence-electron chi connectivity index (χ1n) is 8.82. The van der Waals surface area contributed by atoms with Crippen molar-refractivity contribution >= 4 is 17.5 Å². The van der Waals surface area contributed by atoms with Gasteiger partial charge in [-0.2, -0.15) is 0 Å². The molecule has 0 saturated carbocycles. The Bertz CT molecular complexity index is 770. The molecular weight excluding hydrogens is 344 g/mol. The average molecular weight is 370 g/mol. The van der Waals surface area contributed by atoms with Crippen LogP contribution in [0.2, 0.25) is 0 Å². The minimum absolute atomic E-state index is 0.0259. The first kappa shape index (κ1) is 20.3. The summed E-state index contributed by atoms with van der Waals surface area (Å²) in [6.45, 7) is 4.71. The molecule has 0 saturated heterocycles. The van der Waals surface area contributed by atoms with Gasteiger partial charge in [-0.05, 0) is 48.4 Å². The maximum Gasteiger partial charge on any atom is 0.259 e. The molecule has 0 spiro atoms. The monoisotopic (exact) mass is 370 g/mol. The molecule has 2 rings (SSSR count). The van der Waals surface area contributed by atoms with E-state index in [9.17, 15) is 9.59 Å². The summed E-state index contributed by atoms with van der Waals surface area (Å²) in [6.07, 6.45) is 0. The molecule has 0 bridgehead atoms. The second-order valence-electron chi connectivity index (χ2n) is 6.79. The fourth-order valence-corrected chi connectivity index (χ4v) is 2.10. The predicted octanol–water partition coefficient (Wildman–Crippen LogP) is 3.44. The molecule has 2 amide bonds. The molecule has 144 valence electrons. The number of anilines is 1. The third kappa shape index (κ3) is 6.66. The number of amides is 2. The number of benzene rings is 2. The van der Waals surface area contributed by atoms with Crippen molar-refractivity contribution in [1.82, 2.24) is 4.90 Å². The molecule has 0 aliphatic carbocycles. The lowest BCUT2D eigenvalue weighted by Crippen LogP contribution is -2.27. The Balaban J connectivity index is 1.93. The zero-order valence-electron chi connectivity index (χ0n) is 16.2. The van der Waals surface area contributed by atoms with Gasteiger partial charge in [-0.1, -0.05) is 19.9 Å². The number of ether oxygens (including phenoxy) is 2. The Labute approximate surface area is 160 Å². The van der Waals surface area contributed by atoms with Crippen LogP contribution in [-0.2, 0) is 4.79 Å². The van der Waals surface area contributed by atoms with Crippen LogP contribution in [0, 0.1) is 5.92 Å². The van der Waals surface area contributed by atoms with Crippen molar-refractivity contribution in [3.63, 3.8) is 0 Å². The SMILES string of the molecule is CC(C)COc1cccc(C(=O)Nc2ccc(OCC(=O)N(C)C)cc2)c1. The highest BCUT2D eigenvalue weighted by Gasteiger charge is 2.09. The van der Waals surface area contributed by atoms with Crippen molar-refractivity contribution in [3.8, 4) is 11.5 Å². The van der Waals surface area contributed by atoms with Crippen molar-refractivity contribution in [2.75, 3.05) is 32.6 Å². The second-order valence-corrected chi connectivity index (χ2v) is 6.79. The van der Waals surface area contributed by atoms with Crippen molar-refractivity contribution in [3.05, 3.63) is 54.1 Å². The number of hydrogen-bond acceptors (Lipinski definition) is 4. The summed E-state index contributed by atoms with van der Waals surface area (Å²) in [5.41, 5.74) is 1.16. The molecule has 0 atom stereocenters. The van der Waals surface area contributed by atoms with E-state index in [0.717, 1.165) is 0 Å². The van der Waals surface area contributed by atoms with E-state index in [1.165, 1.54) is 4.90 Å². The van der Waals surface area contributed by atoms with Gasteiger partial charge in [0.1, 0.15) is 11.5 Å². The summed E-state index contributed by atoms with van der Waals surface area (Å²) in [5.74, 6) is 1.31. The van der Waals surface area contributed by atoms with E-state index in [4.69, 9.17) is 9.47 Å². The Hall–Kier alpha value is -3.02. The average Bonchev–Trinajstić information content (AvgIpc) is 2.65. The van der Waals surface area contributed by atoms with Crippen molar-refractivity contribution in [1.29, 1.82) is 0 Å². The van der Waals surface area contributed by atoms with Crippen molar-refractivity contribution in [2.45, 2.75) is 13.8 Å². The zero-order chi connectivity index (χ0) is 19.8. The number of carbonyl (C=O) groups excluding carboxylic acids is 2. The molecule has 0 aromatic heterocycles. The lowest BCUT2D eigenvalue weighted by atomic mass is 10.2. The van der Waals surface area contributed by atoms with Gasteiger partial charge >= 0.3 is 0 Å². The number of carbonyl (C=O) groups is 2. The highest BCUT2D eigenvalue weighted by molar-refractivity contribution is 6.04. The van der Waals surface area contributed by atoms with Gasteiger partial charge in [0.15, 0.2) is 6.61 Å². The molecule has 1 N–H and O–H groups in total. The van der Waals surface area contributed by atoms with Crippen LogP contribution >= 0.6 is 0 Å². The van der Waals surface area contributed by atoms with E-state index in [1.54, 1.807) is 56.6 Å². The van der Waals surface area contributed by atoms with E-state index < -0.39 is 0 Å². The number of likely N-dealkylation sites (N-methyl/N-ethyl adjacent to an activating group) is 1. The fourth-order valence-electron chi connectivity index (χ4n) is 2.10. The second kappa shape index (κ2) is 9.62. The van der Waals surface area contributed by atoms with Gasteiger partial charge in [0.05, 0.1) is 6.61 Å². The molecule has 27 heavy (non-hydrogen) atoms. The van der Waals surface area contributed by atoms with Gasteiger partial charge in [-0.25, -0.2) is 0 Å². The maximum absolute atomic E-state index is 12.4. The Morgan fingerprint density at radius 1 is 1.00 bits per heavy atom. The molecular formula is C21H26N2O4. The van der Waals surface area contributed by atoms with Gasteiger partial charge in [0.25, 0.3) is 11.8 Å². The normalized spacial score (nSPS) is 10.4. The smallest absolute Gasteiger partial charge is 0.259 e. The molecule has 0 heterocycles. The van der Waals surface area contributed by atoms with Crippen LogP contribution in [0.3, 0.4) is 0 Å². The minimum Gasteiger partial charge on any atom is -0.493 e. The van der Waals surface area contributed by atoms with Crippen LogP contribution in [0.5, 0.6) is 11.5 Å². The summed E-state index contributed by atoms with van der Waals surface area (Å²) >= 11 is 0. The molecule has 2 aromatic carbocycles. The van der Waals surface area contributed by atoms with Crippen molar-refractivity contribution < 1.29 is 19.1 Å². The highest BCUT2D eigenvalue weighted by Crippen LogP contribution is 2.18. The van der Waals surface area contributed by atoms with E-state index in [-0.39, 0.29) is 18.4 Å². The summed E-state index contributed by atoms with van der Waals surface area (Å²) in [4.78, 5) is 25.4. The lowest BCUT2D eigenvalue weighted by Gasteiger charge is -2.12. The van der Waals surface area contributed by atoms with Crippen LogP contribution in [0.4, 0.5) is 5.69 Å². The maximum atomic E-state index is 12.4. The Morgan fingerprint density at radius 3 is 2.33 bits per heavy atom. The molecule has 6 heteroatoms. The van der Waals surface area contributed by atoms with Crippen LogP contribution < -0.4 is 14.8 Å². The Kier molecular flexibility index (Phi) is 7.23. The third-order valence-electron chi connectivity index (χ3n) is 3.65. The molecule has 6 nitrogen and oxygen atoms in total. The standard InChI is InChI=1S/C21H26N2O4/c1-15(2)13-26-19-7-5-6-16(12-19)21(25)22-17-8-10-18(11-9-17)27-14-20(24)23(3)4/h5-12,15H,13-14H2,1-4H3,(H,22,25). The molecule has 0 radical (unpaired) electrons. The number of hydrogen-bond donors (Lipinski definition) is 1. The predicted molar refractivity (Wildman–Crippen MR) is 105 cm³/mol. The first-order chi connectivity index (χ1) is 12.8. The highest BCUT2D eigenvalue weighted by atomic mass is 16.5. The number of rotatable bonds is 8. The summed E-state index contributed by atoms with van der Waals surface area (Å²) in [5, 5.41) is 2.84. The summed E-state index contributed by atoms with van der Waals surface area (Å²) in [6, 6.07) is 14.0. The van der Waals surface area contributed by atoms with Gasteiger partial charge in [0, 0.05) is 25.3 Å². The summed E-state index contributed by atoms with van der Waals surface area (Å²) in [7, 11) is 3.35. The molecule has 0 aliphatic heterocycles. The largest absolute Gasteiger partial charge is 0.493 e. The number of nitrogens with one attached hydrogen (secondary N) is 1. The first-order valence-corrected chi connectivity index (χ1v) is 8.82. The van der Waals surface area contributed by atoms with Crippen LogP contribution in [0.15, 0.2) is 48.5 Å². The molecule has 0 fully saturated rings. The lowest BCUT2D eigenvalue weighted by molar-refractivity contribution is -0.130. The topological polar surface area (TPSA) is 67.9 Å². The Morgan fingerprint density at radius 2 is 1.70 bits per heavy atom. The molecule has 2 aromatic rings. The number of nitrogens with zero attached hydrogens (tertiary/aromatic N) is 1. The van der Waals surface area contributed by atoms with Crippen LogP contribution in [0.1, 0.15) is 24.2 Å². The zero-order valence-corrected chi connectivity index (χ0v) is 16.2. The fraction of sp³-hybridized carbons (Fsp3) is 0.333. The quantitative estimate of drug-likeness (QED) is 0.773. The molecule has 0 unspecified atom stereocenters. The van der Waals surface area contributed by atoms with Gasteiger partial charge < -0.3 is 19.7 Å². The van der Waals surface area contributed by atoms with Gasteiger partial charge in [-0.3, -0.25) is 9.59 Å². The summed E-state index contributed by atoms with van der Waals surface area (Å²) < 4.78 is 11.1. The minimum atomic E-state index is -0.221. The van der Waals surface area contributed by atoms with E-state index in [0.29, 0.717) is 35.3 Å². The van der Waals surface area contributed by atoms with Crippen molar-refractivity contribution in [2.24, 2.45) is 5.92 Å². The van der Waals surface area contributed by atoms with E-state index >= 15 is 0 Å². The third-order valence-corrected chi connectivity index (χ3v) is 3.65. The van der Waals surface area contributed by atoms with Gasteiger partial charge in [0.2, 0.25) is 0 Å². The molecule has 0 aliphatic rings. The van der Waals surface area contributed by atoms with Gasteiger partial charge in [-0.15, -0.1) is 0 Å². The van der Waals surface area contributed by atoms with E-state index in [1.807, 2.05) is 6.07 Å².